The van der Waals surface area contributed by atoms with Crippen LogP contribution in [0.5, 0.6) is 5.75 Å². The van der Waals surface area contributed by atoms with Crippen LogP contribution >= 0.6 is 11.3 Å². The fourth-order valence-electron chi connectivity index (χ4n) is 3.55. The number of allylic oxidation sites excluding steroid dienone is 6. The number of hydrogen-bond donors (Lipinski definition) is 2. The van der Waals surface area contributed by atoms with E-state index in [2.05, 4.69) is 69.1 Å². The minimum Gasteiger partial charge on any atom is -0.508 e. The van der Waals surface area contributed by atoms with Crippen LogP contribution in [0.25, 0.3) is 16.5 Å². The average molecular weight is 506 g/mol. The van der Waals surface area contributed by atoms with Gasteiger partial charge in [0.15, 0.2) is 0 Å². The minimum atomic E-state index is -0.440. The highest BCUT2D eigenvalue weighted by molar-refractivity contribution is 7.14. The maximum absolute atomic E-state index is 14.3. The Morgan fingerprint density at radius 1 is 1.11 bits per heavy atom. The lowest BCUT2D eigenvalue weighted by atomic mass is 10.1. The van der Waals surface area contributed by atoms with Gasteiger partial charge < -0.3 is 10.4 Å². The molecular weight excluding hydrogens is 465 g/mol. The lowest BCUT2D eigenvalue weighted by Gasteiger charge is -2.12. The van der Waals surface area contributed by atoms with E-state index in [4.69, 9.17) is 0 Å². The molecule has 2 N–H and O–H groups in total. The number of aromatic hydroxyl groups is 1. The molecule has 0 amide bonds. The third-order valence-electron chi connectivity index (χ3n) is 5.35. The van der Waals surface area contributed by atoms with Crippen LogP contribution in [0.1, 0.15) is 58.6 Å². The van der Waals surface area contributed by atoms with E-state index in [-0.39, 0.29) is 13.2 Å². The highest BCUT2D eigenvalue weighted by Gasteiger charge is 2.15. The summed E-state index contributed by atoms with van der Waals surface area (Å²) >= 11 is 1.47. The fourth-order valence-corrected chi connectivity index (χ4v) is 4.58. The predicted octanol–water partition coefficient (Wildman–Crippen LogP) is 10.5. The van der Waals surface area contributed by atoms with Gasteiger partial charge in [0.25, 0.3) is 0 Å². The van der Waals surface area contributed by atoms with E-state index in [0.717, 1.165) is 47.2 Å². The third kappa shape index (κ3) is 9.35. The molecule has 1 aromatic heterocycles. The van der Waals surface area contributed by atoms with Gasteiger partial charge in [-0.2, -0.15) is 0 Å². The standard InChI is InChI=1S/C24H28FNOS.C7H8.CH4/c1-5-9-17(7-3)11-12-18(10-6-2)26-23-16-28-24(20(23)8-4)21-14-13-19(27)15-22(21)25;1-7-5-3-2-4-6-7;/h5,7-10,13-16,26-27H,4,6,11-12H2,1-3H3;2-6H,1H3;1H4/b9-5-,17-7+,18-10?;;. The maximum atomic E-state index is 14.3. The number of thiophene rings is 1. The number of phenolic OH excluding ortho intramolecular Hbond substituents is 1. The summed E-state index contributed by atoms with van der Waals surface area (Å²) in [5.74, 6) is -0.518. The Labute approximate surface area is 221 Å². The summed E-state index contributed by atoms with van der Waals surface area (Å²) in [6.07, 6.45) is 13.0. The molecule has 0 atom stereocenters. The van der Waals surface area contributed by atoms with Crippen LogP contribution in [-0.4, -0.2) is 5.11 Å². The largest absolute Gasteiger partial charge is 0.508 e. The summed E-state index contributed by atoms with van der Waals surface area (Å²) in [5.41, 5.74) is 6.03. The predicted molar refractivity (Wildman–Crippen MR) is 159 cm³/mol. The molecule has 4 heteroatoms. The van der Waals surface area contributed by atoms with Crippen molar-refractivity contribution in [1.29, 1.82) is 0 Å². The van der Waals surface area contributed by atoms with E-state index < -0.39 is 5.82 Å². The van der Waals surface area contributed by atoms with E-state index in [0.29, 0.717) is 5.56 Å². The Morgan fingerprint density at radius 2 is 1.83 bits per heavy atom. The normalized spacial score (nSPS) is 11.5. The van der Waals surface area contributed by atoms with Crippen LogP contribution in [0.15, 0.2) is 96.1 Å². The molecule has 0 bridgehead atoms. The van der Waals surface area contributed by atoms with Crippen molar-refractivity contribution < 1.29 is 9.50 Å². The molecule has 0 aliphatic carbocycles. The second-order valence-electron chi connectivity index (χ2n) is 8.04. The Balaban J connectivity index is 0.000000696. The van der Waals surface area contributed by atoms with Gasteiger partial charge in [0, 0.05) is 33.1 Å². The zero-order valence-electron chi connectivity index (χ0n) is 21.1. The van der Waals surface area contributed by atoms with Crippen molar-refractivity contribution in [3.8, 4) is 16.2 Å². The summed E-state index contributed by atoms with van der Waals surface area (Å²) in [5, 5.41) is 15.0. The van der Waals surface area contributed by atoms with Crippen molar-refractivity contribution in [3.05, 3.63) is 113 Å². The van der Waals surface area contributed by atoms with Crippen LogP contribution < -0.4 is 5.32 Å². The van der Waals surface area contributed by atoms with Crippen molar-refractivity contribution in [2.24, 2.45) is 0 Å². The Bertz CT molecular complexity index is 1170. The summed E-state index contributed by atoms with van der Waals surface area (Å²) < 4.78 is 14.3. The molecule has 0 saturated carbocycles. The summed E-state index contributed by atoms with van der Waals surface area (Å²) in [4.78, 5) is 0.800. The SMILES string of the molecule is C.C=Cc1c(NC(=CCC)CCC(/C=C\C)=C/C)csc1-c1ccc(O)cc1F.Cc1ccccc1. The topological polar surface area (TPSA) is 32.3 Å². The van der Waals surface area contributed by atoms with Gasteiger partial charge in [-0.05, 0) is 52.2 Å². The van der Waals surface area contributed by atoms with E-state index in [1.165, 1.54) is 28.5 Å². The van der Waals surface area contributed by atoms with Crippen LogP contribution in [-0.2, 0) is 0 Å². The summed E-state index contributed by atoms with van der Waals surface area (Å²) in [7, 11) is 0. The van der Waals surface area contributed by atoms with Gasteiger partial charge in [-0.1, -0.05) is 92.8 Å². The molecule has 0 spiro atoms. The molecule has 0 radical (unpaired) electrons. The molecular formula is C32H40FNOS. The maximum Gasteiger partial charge on any atom is 0.135 e. The zero-order valence-corrected chi connectivity index (χ0v) is 22.0. The number of aryl methyl sites for hydroxylation is 1. The molecule has 2 aromatic carbocycles. The van der Waals surface area contributed by atoms with Gasteiger partial charge >= 0.3 is 0 Å². The highest BCUT2D eigenvalue weighted by Crippen LogP contribution is 2.39. The van der Waals surface area contributed by atoms with Gasteiger partial charge in [0.05, 0.1) is 5.69 Å². The van der Waals surface area contributed by atoms with Crippen LogP contribution in [0.2, 0.25) is 0 Å². The second kappa shape index (κ2) is 16.3. The first-order valence-electron chi connectivity index (χ1n) is 11.9. The number of hydrogen-bond acceptors (Lipinski definition) is 3. The van der Waals surface area contributed by atoms with Gasteiger partial charge in [0.1, 0.15) is 11.6 Å². The van der Waals surface area contributed by atoms with Crippen molar-refractivity contribution in [2.45, 2.75) is 54.4 Å². The minimum absolute atomic E-state index is 0. The van der Waals surface area contributed by atoms with E-state index in [1.54, 1.807) is 12.1 Å². The fraction of sp³-hybridized carbons (Fsp3) is 0.250. The van der Waals surface area contributed by atoms with Gasteiger partial charge in [-0.25, -0.2) is 4.39 Å². The van der Waals surface area contributed by atoms with Crippen molar-refractivity contribution >= 4 is 23.1 Å². The summed E-state index contributed by atoms with van der Waals surface area (Å²) in [6.45, 7) is 12.2. The van der Waals surface area contributed by atoms with Gasteiger partial charge in [-0.3, -0.25) is 0 Å². The molecule has 2 nitrogen and oxygen atoms in total. The number of nitrogens with one attached hydrogen (secondary N) is 1. The average Bonchev–Trinajstić information content (AvgIpc) is 3.24. The van der Waals surface area contributed by atoms with Crippen LogP contribution in [0.4, 0.5) is 10.1 Å². The zero-order chi connectivity index (χ0) is 25.6. The van der Waals surface area contributed by atoms with E-state index >= 15 is 0 Å². The second-order valence-corrected chi connectivity index (χ2v) is 8.92. The molecule has 3 aromatic rings. The van der Waals surface area contributed by atoms with Crippen LogP contribution in [0, 0.1) is 12.7 Å². The lowest BCUT2D eigenvalue weighted by Crippen LogP contribution is -2.01. The molecule has 192 valence electrons. The summed E-state index contributed by atoms with van der Waals surface area (Å²) in [6, 6.07) is 14.5. The first-order valence-corrected chi connectivity index (χ1v) is 12.8. The van der Waals surface area contributed by atoms with E-state index in [1.807, 2.05) is 30.5 Å². The van der Waals surface area contributed by atoms with E-state index in [9.17, 15) is 9.50 Å². The monoisotopic (exact) mass is 505 g/mol. The number of benzene rings is 2. The molecule has 36 heavy (non-hydrogen) atoms. The number of rotatable bonds is 9. The molecule has 0 aliphatic rings. The molecule has 1 heterocycles. The van der Waals surface area contributed by atoms with Crippen LogP contribution in [0.3, 0.4) is 0 Å². The molecule has 0 unspecified atom stereocenters. The number of phenols is 1. The molecule has 0 saturated heterocycles. The Morgan fingerprint density at radius 3 is 2.36 bits per heavy atom. The lowest BCUT2D eigenvalue weighted by molar-refractivity contribution is 0.469. The number of halogens is 1. The molecule has 0 fully saturated rings. The van der Waals surface area contributed by atoms with Crippen molar-refractivity contribution in [2.75, 3.05) is 5.32 Å². The molecule has 3 rings (SSSR count). The Kier molecular flexibility index (Phi) is 13.9. The number of anilines is 1. The first-order chi connectivity index (χ1) is 16.9. The highest BCUT2D eigenvalue weighted by atomic mass is 32.1. The Hall–Kier alpha value is -3.37. The first kappa shape index (κ1) is 30.7. The van der Waals surface area contributed by atoms with Gasteiger partial charge in [-0.15, -0.1) is 11.3 Å². The van der Waals surface area contributed by atoms with Crippen molar-refractivity contribution in [1.82, 2.24) is 0 Å². The quantitative estimate of drug-likeness (QED) is 0.283. The van der Waals surface area contributed by atoms with Gasteiger partial charge in [0.2, 0.25) is 0 Å². The third-order valence-corrected chi connectivity index (χ3v) is 6.38. The smallest absolute Gasteiger partial charge is 0.135 e. The molecule has 0 aliphatic heterocycles. The van der Waals surface area contributed by atoms with Crippen molar-refractivity contribution in [3.63, 3.8) is 0 Å².